The fourth-order valence-corrected chi connectivity index (χ4v) is 3.82. The summed E-state index contributed by atoms with van der Waals surface area (Å²) in [4.78, 5) is 5.97. The molecular formula is C20H15F2N3OS. The standard InChI is InChI=1S/C20H15F2N3OS/c1-11-2-4-12(5-3-11)16-10-27-20(24-16)18-17(26)9-25(19(18)23)13-6-7-14(21)15(22)8-13/h2-8,10,23,26H,9H2,1H3. The fourth-order valence-electron chi connectivity index (χ4n) is 2.92. The van der Waals surface area contributed by atoms with Crippen LogP contribution in [-0.4, -0.2) is 22.5 Å². The van der Waals surface area contributed by atoms with E-state index >= 15 is 0 Å². The van der Waals surface area contributed by atoms with Crippen molar-refractivity contribution in [2.75, 3.05) is 11.4 Å². The van der Waals surface area contributed by atoms with E-state index in [4.69, 9.17) is 5.41 Å². The molecule has 2 heterocycles. The summed E-state index contributed by atoms with van der Waals surface area (Å²) in [6.45, 7) is 2.02. The molecule has 1 aliphatic heterocycles. The number of thiazole rings is 1. The van der Waals surface area contributed by atoms with Gasteiger partial charge in [-0.2, -0.15) is 0 Å². The zero-order valence-corrected chi connectivity index (χ0v) is 15.1. The number of benzene rings is 2. The fraction of sp³-hybridized carbons (Fsp3) is 0.100. The number of rotatable bonds is 3. The summed E-state index contributed by atoms with van der Waals surface area (Å²) in [6, 6.07) is 11.3. The first kappa shape index (κ1) is 17.4. The van der Waals surface area contributed by atoms with E-state index < -0.39 is 11.6 Å². The van der Waals surface area contributed by atoms with Crippen molar-refractivity contribution < 1.29 is 13.9 Å². The summed E-state index contributed by atoms with van der Waals surface area (Å²) >= 11 is 1.33. The SMILES string of the molecule is Cc1ccc(-c2csc(C3=C(O)CN(c4ccc(F)c(F)c4)C3=N)n2)cc1. The molecule has 1 aliphatic rings. The van der Waals surface area contributed by atoms with E-state index in [0.717, 1.165) is 29.0 Å². The van der Waals surface area contributed by atoms with Gasteiger partial charge in [0.05, 0.1) is 17.8 Å². The van der Waals surface area contributed by atoms with Gasteiger partial charge in [0.1, 0.15) is 16.6 Å². The van der Waals surface area contributed by atoms with Crippen LogP contribution in [0.5, 0.6) is 0 Å². The number of aryl methyl sites for hydroxylation is 1. The Balaban J connectivity index is 1.64. The molecule has 0 atom stereocenters. The first-order chi connectivity index (χ1) is 12.9. The van der Waals surface area contributed by atoms with Crippen molar-refractivity contribution in [2.24, 2.45) is 0 Å². The molecule has 4 rings (SSSR count). The molecule has 0 saturated heterocycles. The van der Waals surface area contributed by atoms with Gasteiger partial charge < -0.3 is 10.0 Å². The number of nitrogens with one attached hydrogen (secondary N) is 1. The second-order valence-corrected chi connectivity index (χ2v) is 7.12. The summed E-state index contributed by atoms with van der Waals surface area (Å²) in [6.07, 6.45) is 0. The van der Waals surface area contributed by atoms with E-state index in [2.05, 4.69) is 4.98 Å². The third kappa shape index (κ3) is 3.10. The summed E-state index contributed by atoms with van der Waals surface area (Å²) in [5, 5.41) is 21.2. The van der Waals surface area contributed by atoms with E-state index in [9.17, 15) is 13.9 Å². The number of aromatic nitrogens is 1. The van der Waals surface area contributed by atoms with E-state index in [-0.39, 0.29) is 18.1 Å². The zero-order valence-electron chi connectivity index (χ0n) is 14.3. The highest BCUT2D eigenvalue weighted by molar-refractivity contribution is 7.11. The Morgan fingerprint density at radius 2 is 1.85 bits per heavy atom. The van der Waals surface area contributed by atoms with Crippen molar-refractivity contribution in [2.45, 2.75) is 6.92 Å². The predicted molar refractivity (Wildman–Crippen MR) is 103 cm³/mol. The van der Waals surface area contributed by atoms with Crippen molar-refractivity contribution in [1.82, 2.24) is 4.98 Å². The number of nitrogens with zero attached hydrogens (tertiary/aromatic N) is 2. The van der Waals surface area contributed by atoms with Crippen LogP contribution in [0.15, 0.2) is 53.6 Å². The Labute approximate surface area is 158 Å². The van der Waals surface area contributed by atoms with Gasteiger partial charge in [-0.3, -0.25) is 5.41 Å². The van der Waals surface area contributed by atoms with Crippen LogP contribution >= 0.6 is 11.3 Å². The first-order valence-electron chi connectivity index (χ1n) is 8.20. The Morgan fingerprint density at radius 3 is 2.56 bits per heavy atom. The summed E-state index contributed by atoms with van der Waals surface area (Å²) in [5.41, 5.74) is 3.47. The Morgan fingerprint density at radius 1 is 1.11 bits per heavy atom. The van der Waals surface area contributed by atoms with Gasteiger partial charge in [0.25, 0.3) is 0 Å². The van der Waals surface area contributed by atoms with Crippen LogP contribution in [0.25, 0.3) is 16.8 Å². The number of anilines is 1. The molecule has 0 amide bonds. The second-order valence-electron chi connectivity index (χ2n) is 6.26. The highest BCUT2D eigenvalue weighted by Gasteiger charge is 2.31. The van der Waals surface area contributed by atoms with Crippen LogP contribution in [0.2, 0.25) is 0 Å². The molecule has 0 saturated carbocycles. The van der Waals surface area contributed by atoms with Gasteiger partial charge in [-0.25, -0.2) is 13.8 Å². The van der Waals surface area contributed by atoms with Crippen molar-refractivity contribution in [3.63, 3.8) is 0 Å². The average Bonchev–Trinajstić information content (AvgIpc) is 3.22. The minimum atomic E-state index is -0.996. The monoisotopic (exact) mass is 383 g/mol. The highest BCUT2D eigenvalue weighted by Crippen LogP contribution is 2.34. The molecule has 1 aromatic heterocycles. The topological polar surface area (TPSA) is 60.2 Å². The van der Waals surface area contributed by atoms with Crippen LogP contribution in [0.3, 0.4) is 0 Å². The second kappa shape index (κ2) is 6.59. The van der Waals surface area contributed by atoms with Crippen LogP contribution < -0.4 is 4.90 Å². The van der Waals surface area contributed by atoms with Gasteiger partial charge >= 0.3 is 0 Å². The number of halogens is 2. The van der Waals surface area contributed by atoms with E-state index in [1.807, 2.05) is 36.6 Å². The molecule has 27 heavy (non-hydrogen) atoms. The molecule has 136 valence electrons. The molecule has 2 N–H and O–H groups in total. The number of amidine groups is 1. The quantitative estimate of drug-likeness (QED) is 0.656. The number of aliphatic hydroxyl groups excluding tert-OH is 1. The molecule has 0 spiro atoms. The van der Waals surface area contributed by atoms with E-state index in [1.54, 1.807) is 0 Å². The van der Waals surface area contributed by atoms with Crippen LogP contribution in [-0.2, 0) is 0 Å². The number of hydrogen-bond acceptors (Lipinski definition) is 4. The maximum absolute atomic E-state index is 13.5. The van der Waals surface area contributed by atoms with E-state index in [0.29, 0.717) is 16.3 Å². The molecule has 4 nitrogen and oxygen atoms in total. The summed E-state index contributed by atoms with van der Waals surface area (Å²) in [7, 11) is 0. The smallest absolute Gasteiger partial charge is 0.160 e. The minimum absolute atomic E-state index is 0.00307. The Bertz CT molecular complexity index is 1070. The predicted octanol–water partition coefficient (Wildman–Crippen LogP) is 5.16. The lowest BCUT2D eigenvalue weighted by Crippen LogP contribution is -2.26. The highest BCUT2D eigenvalue weighted by atomic mass is 32.1. The lowest BCUT2D eigenvalue weighted by atomic mass is 10.1. The molecule has 0 bridgehead atoms. The van der Waals surface area contributed by atoms with Gasteiger partial charge in [-0.1, -0.05) is 29.8 Å². The summed E-state index contributed by atoms with van der Waals surface area (Å²) in [5.74, 6) is -1.97. The van der Waals surface area contributed by atoms with Gasteiger partial charge in [0.2, 0.25) is 0 Å². The molecule has 7 heteroatoms. The van der Waals surface area contributed by atoms with Gasteiger partial charge in [-0.15, -0.1) is 11.3 Å². The van der Waals surface area contributed by atoms with Crippen LogP contribution in [0.4, 0.5) is 14.5 Å². The molecule has 0 fully saturated rings. The molecule has 2 aromatic carbocycles. The third-order valence-electron chi connectivity index (χ3n) is 4.38. The molecule has 0 aliphatic carbocycles. The van der Waals surface area contributed by atoms with Crippen molar-refractivity contribution in [3.8, 4) is 11.3 Å². The Kier molecular flexibility index (Phi) is 4.24. The van der Waals surface area contributed by atoms with Gasteiger partial charge in [0.15, 0.2) is 11.6 Å². The van der Waals surface area contributed by atoms with Gasteiger partial charge in [-0.05, 0) is 19.1 Å². The molecular weight excluding hydrogens is 368 g/mol. The average molecular weight is 383 g/mol. The van der Waals surface area contributed by atoms with Gasteiger partial charge in [0, 0.05) is 22.7 Å². The maximum Gasteiger partial charge on any atom is 0.160 e. The lowest BCUT2D eigenvalue weighted by molar-refractivity contribution is 0.411. The van der Waals surface area contributed by atoms with E-state index in [1.165, 1.54) is 22.3 Å². The van der Waals surface area contributed by atoms with Crippen LogP contribution in [0, 0.1) is 24.0 Å². The normalized spacial score (nSPS) is 14.3. The lowest BCUT2D eigenvalue weighted by Gasteiger charge is -2.18. The third-order valence-corrected chi connectivity index (χ3v) is 5.24. The largest absolute Gasteiger partial charge is 0.510 e. The van der Waals surface area contributed by atoms with Crippen LogP contribution in [0.1, 0.15) is 10.6 Å². The number of hydrogen-bond donors (Lipinski definition) is 2. The molecule has 0 unspecified atom stereocenters. The first-order valence-corrected chi connectivity index (χ1v) is 9.08. The zero-order chi connectivity index (χ0) is 19.1. The van der Waals surface area contributed by atoms with Crippen molar-refractivity contribution >= 4 is 28.4 Å². The maximum atomic E-state index is 13.5. The Hall–Kier alpha value is -3.06. The molecule has 3 aromatic rings. The van der Waals surface area contributed by atoms with Crippen molar-refractivity contribution in [3.05, 3.63) is 75.8 Å². The number of aliphatic hydroxyl groups is 1. The minimum Gasteiger partial charge on any atom is -0.510 e. The summed E-state index contributed by atoms with van der Waals surface area (Å²) < 4.78 is 26.7. The van der Waals surface area contributed by atoms with Crippen molar-refractivity contribution in [1.29, 1.82) is 5.41 Å². The molecule has 0 radical (unpaired) electrons.